The zero-order valence-corrected chi connectivity index (χ0v) is 16.8. The van der Waals surface area contributed by atoms with Crippen molar-refractivity contribution < 1.29 is 13.9 Å². The quantitative estimate of drug-likeness (QED) is 0.541. The molecule has 0 radical (unpaired) electrons. The number of nitrogens with zero attached hydrogens (tertiary/aromatic N) is 1. The molecule has 1 N–H and O–H groups in total. The Bertz CT molecular complexity index is 1190. The van der Waals surface area contributed by atoms with Crippen LogP contribution in [-0.2, 0) is 17.8 Å². The fraction of sp³-hybridized carbons (Fsp3) is 0.240. The van der Waals surface area contributed by atoms with Crippen molar-refractivity contribution in [3.63, 3.8) is 0 Å². The van der Waals surface area contributed by atoms with Crippen LogP contribution in [0.2, 0.25) is 0 Å². The number of nitrogens with one attached hydrogen (secondary N) is 1. The number of carbonyl (C=O) groups is 1. The van der Waals surface area contributed by atoms with Crippen molar-refractivity contribution in [2.75, 3.05) is 26.3 Å². The third kappa shape index (κ3) is 3.95. The molecule has 0 spiro atoms. The van der Waals surface area contributed by atoms with Gasteiger partial charge in [-0.05, 0) is 34.0 Å². The summed E-state index contributed by atoms with van der Waals surface area (Å²) in [5, 5.41) is 6.18. The summed E-state index contributed by atoms with van der Waals surface area (Å²) in [7, 11) is 0. The van der Waals surface area contributed by atoms with Crippen molar-refractivity contribution in [3.8, 4) is 0 Å². The van der Waals surface area contributed by atoms with E-state index in [9.17, 15) is 4.79 Å². The zero-order chi connectivity index (χ0) is 20.3. The summed E-state index contributed by atoms with van der Waals surface area (Å²) in [5.74, 6) is 0.139. The van der Waals surface area contributed by atoms with E-state index in [0.29, 0.717) is 12.3 Å². The van der Waals surface area contributed by atoms with Gasteiger partial charge in [-0.1, -0.05) is 54.6 Å². The number of morpholine rings is 1. The molecule has 1 aliphatic heterocycles. The molecule has 2 heterocycles. The Hall–Kier alpha value is -3.15. The maximum atomic E-state index is 12.7. The first kappa shape index (κ1) is 18.9. The molecule has 1 aliphatic rings. The van der Waals surface area contributed by atoms with Gasteiger partial charge in [-0.3, -0.25) is 9.69 Å². The number of rotatable bonds is 5. The number of amides is 1. The minimum Gasteiger partial charge on any atom is -0.451 e. The monoisotopic (exact) mass is 400 g/mol. The maximum absolute atomic E-state index is 12.7. The number of hydrogen-bond donors (Lipinski definition) is 1. The van der Waals surface area contributed by atoms with Gasteiger partial charge in [0.25, 0.3) is 5.91 Å². The van der Waals surface area contributed by atoms with Crippen LogP contribution < -0.4 is 5.32 Å². The van der Waals surface area contributed by atoms with Crippen molar-refractivity contribution in [2.45, 2.75) is 13.1 Å². The topological polar surface area (TPSA) is 54.7 Å². The Morgan fingerprint density at radius 1 is 0.900 bits per heavy atom. The molecule has 4 aromatic rings. The Morgan fingerprint density at radius 3 is 2.63 bits per heavy atom. The molecule has 1 aromatic heterocycles. The van der Waals surface area contributed by atoms with E-state index >= 15 is 0 Å². The lowest BCUT2D eigenvalue weighted by atomic mass is 10.1. The van der Waals surface area contributed by atoms with E-state index in [1.54, 1.807) is 0 Å². The molecule has 0 atom stereocenters. The van der Waals surface area contributed by atoms with Crippen LogP contribution in [0.3, 0.4) is 0 Å². The molecule has 1 amide bonds. The second kappa shape index (κ2) is 8.30. The molecule has 1 fully saturated rings. The van der Waals surface area contributed by atoms with Crippen LogP contribution in [0.4, 0.5) is 0 Å². The van der Waals surface area contributed by atoms with Crippen molar-refractivity contribution in [1.29, 1.82) is 0 Å². The highest BCUT2D eigenvalue weighted by atomic mass is 16.5. The SMILES string of the molecule is O=C(NCc1cccc(CN2CCOCC2)c1)c1cc2c(ccc3ccccc32)o1. The summed E-state index contributed by atoms with van der Waals surface area (Å²) < 4.78 is 11.2. The lowest BCUT2D eigenvalue weighted by Gasteiger charge is -2.26. The summed E-state index contributed by atoms with van der Waals surface area (Å²) in [4.78, 5) is 15.1. The Kier molecular flexibility index (Phi) is 5.22. The van der Waals surface area contributed by atoms with E-state index in [4.69, 9.17) is 9.15 Å². The van der Waals surface area contributed by atoms with Gasteiger partial charge in [-0.25, -0.2) is 0 Å². The first-order valence-corrected chi connectivity index (χ1v) is 10.3. The maximum Gasteiger partial charge on any atom is 0.287 e. The van der Waals surface area contributed by atoms with Gasteiger partial charge in [-0.2, -0.15) is 0 Å². The predicted octanol–water partition coefficient (Wildman–Crippen LogP) is 4.35. The molecular formula is C25H24N2O3. The fourth-order valence-corrected chi connectivity index (χ4v) is 4.03. The van der Waals surface area contributed by atoms with Crippen LogP contribution in [0, 0.1) is 0 Å². The van der Waals surface area contributed by atoms with Crippen LogP contribution in [0.1, 0.15) is 21.7 Å². The lowest BCUT2D eigenvalue weighted by Crippen LogP contribution is -2.35. The normalized spacial score (nSPS) is 14.9. The van der Waals surface area contributed by atoms with E-state index < -0.39 is 0 Å². The molecular weight excluding hydrogens is 376 g/mol. The molecule has 0 unspecified atom stereocenters. The molecule has 152 valence electrons. The van der Waals surface area contributed by atoms with Gasteiger partial charge < -0.3 is 14.5 Å². The standard InChI is InChI=1S/C25H24N2O3/c28-25(24-15-22-21-7-2-1-6-20(21)8-9-23(22)30-24)26-16-18-4-3-5-19(14-18)17-27-10-12-29-13-11-27/h1-9,14-15H,10-13,16-17H2,(H,26,28). The van der Waals surface area contributed by atoms with Crippen molar-refractivity contribution in [2.24, 2.45) is 0 Å². The molecule has 0 saturated carbocycles. The van der Waals surface area contributed by atoms with Crippen LogP contribution in [-0.4, -0.2) is 37.1 Å². The highest BCUT2D eigenvalue weighted by molar-refractivity contribution is 6.08. The minimum atomic E-state index is -0.200. The van der Waals surface area contributed by atoms with Crippen molar-refractivity contribution >= 4 is 27.6 Å². The van der Waals surface area contributed by atoms with Gasteiger partial charge in [0.2, 0.25) is 0 Å². The third-order valence-electron chi connectivity index (χ3n) is 5.60. The van der Waals surface area contributed by atoms with Crippen LogP contribution >= 0.6 is 0 Å². The number of carbonyl (C=O) groups excluding carboxylic acids is 1. The third-order valence-corrected chi connectivity index (χ3v) is 5.60. The fourth-order valence-electron chi connectivity index (χ4n) is 4.03. The first-order chi connectivity index (χ1) is 14.8. The summed E-state index contributed by atoms with van der Waals surface area (Å²) >= 11 is 0. The van der Waals surface area contributed by atoms with Gasteiger partial charge in [0, 0.05) is 31.6 Å². The Morgan fingerprint density at radius 2 is 1.73 bits per heavy atom. The van der Waals surface area contributed by atoms with Gasteiger partial charge >= 0.3 is 0 Å². The molecule has 1 saturated heterocycles. The molecule has 5 rings (SSSR count). The summed E-state index contributed by atoms with van der Waals surface area (Å²) in [5.41, 5.74) is 3.06. The zero-order valence-electron chi connectivity index (χ0n) is 16.8. The predicted molar refractivity (Wildman–Crippen MR) is 117 cm³/mol. The number of benzene rings is 3. The largest absolute Gasteiger partial charge is 0.451 e. The van der Waals surface area contributed by atoms with Crippen LogP contribution in [0.5, 0.6) is 0 Å². The molecule has 5 heteroatoms. The van der Waals surface area contributed by atoms with E-state index in [1.165, 1.54) is 5.56 Å². The van der Waals surface area contributed by atoms with Gasteiger partial charge in [-0.15, -0.1) is 0 Å². The van der Waals surface area contributed by atoms with Gasteiger partial charge in [0.05, 0.1) is 13.2 Å². The number of furan rings is 1. The van der Waals surface area contributed by atoms with Crippen LogP contribution in [0.15, 0.2) is 71.1 Å². The number of hydrogen-bond acceptors (Lipinski definition) is 4. The average molecular weight is 400 g/mol. The molecule has 3 aromatic carbocycles. The summed E-state index contributed by atoms with van der Waals surface area (Å²) in [6, 6.07) is 22.3. The lowest BCUT2D eigenvalue weighted by molar-refractivity contribution is 0.0342. The van der Waals surface area contributed by atoms with Gasteiger partial charge in [0.15, 0.2) is 5.76 Å². The van der Waals surface area contributed by atoms with Gasteiger partial charge in [0.1, 0.15) is 5.58 Å². The van der Waals surface area contributed by atoms with E-state index in [1.807, 2.05) is 42.5 Å². The number of ether oxygens (including phenoxy) is 1. The van der Waals surface area contributed by atoms with E-state index in [2.05, 4.69) is 34.5 Å². The van der Waals surface area contributed by atoms with Crippen molar-refractivity contribution in [1.82, 2.24) is 10.2 Å². The van der Waals surface area contributed by atoms with E-state index in [-0.39, 0.29) is 5.91 Å². The Balaban J connectivity index is 1.28. The summed E-state index contributed by atoms with van der Waals surface area (Å²) in [6.07, 6.45) is 0. The average Bonchev–Trinajstić information content (AvgIpc) is 3.24. The smallest absolute Gasteiger partial charge is 0.287 e. The molecule has 0 bridgehead atoms. The van der Waals surface area contributed by atoms with Crippen molar-refractivity contribution in [3.05, 3.63) is 83.6 Å². The number of fused-ring (bicyclic) bond motifs is 3. The van der Waals surface area contributed by atoms with Crippen LogP contribution in [0.25, 0.3) is 21.7 Å². The minimum absolute atomic E-state index is 0.200. The summed E-state index contributed by atoms with van der Waals surface area (Å²) in [6.45, 7) is 4.88. The Labute approximate surface area is 175 Å². The molecule has 30 heavy (non-hydrogen) atoms. The second-order valence-corrected chi connectivity index (χ2v) is 7.70. The highest BCUT2D eigenvalue weighted by Gasteiger charge is 2.14. The van der Waals surface area contributed by atoms with E-state index in [0.717, 1.165) is 60.2 Å². The first-order valence-electron chi connectivity index (χ1n) is 10.3. The molecule has 0 aliphatic carbocycles. The molecule has 5 nitrogen and oxygen atoms in total. The second-order valence-electron chi connectivity index (χ2n) is 7.70. The highest BCUT2D eigenvalue weighted by Crippen LogP contribution is 2.28.